The molecule has 0 radical (unpaired) electrons. The van der Waals surface area contributed by atoms with E-state index in [9.17, 15) is 9.18 Å². The lowest BCUT2D eigenvalue weighted by Gasteiger charge is -2.20. The quantitative estimate of drug-likeness (QED) is 0.559. The number of amides is 1. The summed E-state index contributed by atoms with van der Waals surface area (Å²) in [6.45, 7) is 2.15. The van der Waals surface area contributed by atoms with Crippen molar-refractivity contribution >= 4 is 5.91 Å². The second-order valence-corrected chi connectivity index (χ2v) is 6.63. The molecule has 0 saturated carbocycles. The Labute approximate surface area is 169 Å². The lowest BCUT2D eigenvalue weighted by molar-refractivity contribution is -0.122. The van der Waals surface area contributed by atoms with Crippen LogP contribution in [0.2, 0.25) is 0 Å². The van der Waals surface area contributed by atoms with Crippen LogP contribution in [-0.2, 0) is 17.6 Å². The molecule has 7 heteroatoms. The van der Waals surface area contributed by atoms with Crippen LogP contribution >= 0.6 is 0 Å². The minimum absolute atomic E-state index is 0.109. The van der Waals surface area contributed by atoms with Crippen molar-refractivity contribution in [2.75, 3.05) is 6.61 Å². The Balaban J connectivity index is 1.60. The summed E-state index contributed by atoms with van der Waals surface area (Å²) < 4.78 is 24.6. The van der Waals surface area contributed by atoms with Gasteiger partial charge in [0.1, 0.15) is 6.61 Å². The lowest BCUT2D eigenvalue weighted by atomic mass is 10.1. The van der Waals surface area contributed by atoms with Gasteiger partial charge >= 0.3 is 0 Å². The molecule has 1 heterocycles. The summed E-state index contributed by atoms with van der Waals surface area (Å²) in [7, 11) is 0. The van der Waals surface area contributed by atoms with E-state index in [1.807, 2.05) is 37.3 Å². The Bertz CT molecular complexity index is 914. The van der Waals surface area contributed by atoms with Gasteiger partial charge in [0.15, 0.2) is 17.4 Å². The number of ether oxygens (including phenoxy) is 1. The van der Waals surface area contributed by atoms with Gasteiger partial charge in [-0.25, -0.2) is 4.39 Å². The number of para-hydroxylation sites is 1. The molecule has 0 fully saturated rings. The van der Waals surface area contributed by atoms with Crippen molar-refractivity contribution in [1.29, 1.82) is 0 Å². The van der Waals surface area contributed by atoms with Crippen LogP contribution in [0.5, 0.6) is 5.75 Å². The van der Waals surface area contributed by atoms with Gasteiger partial charge in [0.2, 0.25) is 11.8 Å². The molecule has 1 atom stereocenters. The number of carbonyl (C=O) groups is 1. The molecule has 1 aromatic heterocycles. The molecule has 0 spiro atoms. The van der Waals surface area contributed by atoms with E-state index in [1.165, 1.54) is 6.07 Å². The van der Waals surface area contributed by atoms with Crippen LogP contribution in [-0.4, -0.2) is 22.7 Å². The van der Waals surface area contributed by atoms with Crippen LogP contribution < -0.4 is 10.1 Å². The zero-order valence-corrected chi connectivity index (χ0v) is 16.3. The number of hydrogen-bond donors (Lipinski definition) is 1. The Morgan fingerprint density at radius 2 is 1.90 bits per heavy atom. The van der Waals surface area contributed by atoms with Crippen molar-refractivity contribution in [3.05, 3.63) is 77.7 Å². The third-order valence-corrected chi connectivity index (χ3v) is 4.33. The number of aromatic nitrogens is 2. The number of benzene rings is 2. The fourth-order valence-electron chi connectivity index (χ4n) is 2.85. The Hall–Kier alpha value is -3.22. The number of rotatable bonds is 10. The lowest BCUT2D eigenvalue weighted by Crippen LogP contribution is -2.32. The van der Waals surface area contributed by atoms with Gasteiger partial charge in [-0.1, -0.05) is 54.5 Å². The molecule has 0 aliphatic heterocycles. The highest BCUT2D eigenvalue weighted by Crippen LogP contribution is 2.19. The van der Waals surface area contributed by atoms with Gasteiger partial charge in [0.05, 0.1) is 6.04 Å². The Morgan fingerprint density at radius 3 is 2.66 bits per heavy atom. The largest absolute Gasteiger partial charge is 0.488 e. The van der Waals surface area contributed by atoms with E-state index < -0.39 is 11.9 Å². The third kappa shape index (κ3) is 6.14. The van der Waals surface area contributed by atoms with Crippen LogP contribution in [0.4, 0.5) is 4.39 Å². The van der Waals surface area contributed by atoms with Gasteiger partial charge in [0, 0.05) is 19.3 Å². The third-order valence-electron chi connectivity index (χ3n) is 4.33. The SMILES string of the molecule is CCCc1noc(CCC(=O)NC(COc2ccccc2F)c2ccccc2)n1. The number of nitrogens with zero attached hydrogens (tertiary/aromatic N) is 2. The molecule has 3 rings (SSSR count). The van der Waals surface area contributed by atoms with Gasteiger partial charge in [-0.05, 0) is 24.1 Å². The van der Waals surface area contributed by atoms with Crippen LogP contribution in [0.1, 0.15) is 43.1 Å². The fourth-order valence-corrected chi connectivity index (χ4v) is 2.85. The molecular weight excluding hydrogens is 373 g/mol. The predicted molar refractivity (Wildman–Crippen MR) is 106 cm³/mol. The zero-order chi connectivity index (χ0) is 20.5. The highest BCUT2D eigenvalue weighted by atomic mass is 19.1. The highest BCUT2D eigenvalue weighted by molar-refractivity contribution is 5.76. The van der Waals surface area contributed by atoms with Crippen molar-refractivity contribution in [2.45, 2.75) is 38.6 Å². The van der Waals surface area contributed by atoms with Gasteiger partial charge in [0.25, 0.3) is 0 Å². The summed E-state index contributed by atoms with van der Waals surface area (Å²) in [6, 6.07) is 15.2. The Morgan fingerprint density at radius 1 is 1.14 bits per heavy atom. The van der Waals surface area contributed by atoms with Crippen molar-refractivity contribution < 1.29 is 18.4 Å². The van der Waals surface area contributed by atoms with E-state index in [0.717, 1.165) is 18.4 Å². The molecule has 6 nitrogen and oxygen atoms in total. The molecule has 29 heavy (non-hydrogen) atoms. The Kier molecular flexibility index (Phi) is 7.33. The first-order valence-electron chi connectivity index (χ1n) is 9.68. The fraction of sp³-hybridized carbons (Fsp3) is 0.318. The van der Waals surface area contributed by atoms with Crippen molar-refractivity contribution in [1.82, 2.24) is 15.5 Å². The molecule has 2 aromatic carbocycles. The highest BCUT2D eigenvalue weighted by Gasteiger charge is 2.17. The standard InChI is InChI=1S/C22H24FN3O3/c1-2-8-20-25-22(29-26-20)14-13-21(27)24-18(16-9-4-3-5-10-16)15-28-19-12-7-6-11-17(19)23/h3-7,9-12,18H,2,8,13-15H2,1H3,(H,24,27). The zero-order valence-electron chi connectivity index (χ0n) is 16.3. The second kappa shape index (κ2) is 10.4. The number of hydrogen-bond acceptors (Lipinski definition) is 5. The molecule has 1 amide bonds. The van der Waals surface area contributed by atoms with Crippen molar-refractivity contribution in [3.8, 4) is 5.75 Å². The van der Waals surface area contributed by atoms with E-state index in [1.54, 1.807) is 18.2 Å². The maximum atomic E-state index is 13.8. The van der Waals surface area contributed by atoms with E-state index in [-0.39, 0.29) is 24.7 Å². The summed E-state index contributed by atoms with van der Waals surface area (Å²) >= 11 is 0. The number of carbonyl (C=O) groups excluding carboxylic acids is 1. The summed E-state index contributed by atoms with van der Waals surface area (Å²) in [5, 5.41) is 6.84. The first kappa shape index (κ1) is 20.5. The van der Waals surface area contributed by atoms with E-state index in [4.69, 9.17) is 9.26 Å². The average Bonchev–Trinajstić information content (AvgIpc) is 3.19. The molecule has 1 N–H and O–H groups in total. The molecule has 0 aliphatic carbocycles. The topological polar surface area (TPSA) is 77.2 Å². The molecular formula is C22H24FN3O3. The molecule has 3 aromatic rings. The summed E-state index contributed by atoms with van der Waals surface area (Å²) in [5.74, 6) is 0.638. The van der Waals surface area contributed by atoms with Gasteiger partial charge in [-0.2, -0.15) is 4.98 Å². The first-order chi connectivity index (χ1) is 14.2. The normalized spacial score (nSPS) is 11.8. The number of nitrogens with one attached hydrogen (secondary N) is 1. The maximum Gasteiger partial charge on any atom is 0.227 e. The minimum Gasteiger partial charge on any atom is -0.488 e. The first-order valence-corrected chi connectivity index (χ1v) is 9.68. The number of aryl methyl sites for hydroxylation is 2. The van der Waals surface area contributed by atoms with Crippen LogP contribution in [0.25, 0.3) is 0 Å². The van der Waals surface area contributed by atoms with Crippen LogP contribution in [0, 0.1) is 5.82 Å². The molecule has 0 saturated heterocycles. The molecule has 0 bridgehead atoms. The van der Waals surface area contributed by atoms with Gasteiger partial charge in [-0.3, -0.25) is 4.79 Å². The van der Waals surface area contributed by atoms with E-state index in [2.05, 4.69) is 15.5 Å². The molecule has 0 aliphatic rings. The van der Waals surface area contributed by atoms with Crippen molar-refractivity contribution in [3.63, 3.8) is 0 Å². The average molecular weight is 397 g/mol. The second-order valence-electron chi connectivity index (χ2n) is 6.63. The van der Waals surface area contributed by atoms with Gasteiger partial charge < -0.3 is 14.6 Å². The molecule has 1 unspecified atom stereocenters. The van der Waals surface area contributed by atoms with Crippen molar-refractivity contribution in [2.24, 2.45) is 0 Å². The molecule has 152 valence electrons. The summed E-state index contributed by atoms with van der Waals surface area (Å²) in [5.41, 5.74) is 0.875. The number of halogens is 1. The van der Waals surface area contributed by atoms with Gasteiger partial charge in [-0.15, -0.1) is 0 Å². The monoisotopic (exact) mass is 397 g/mol. The predicted octanol–water partition coefficient (Wildman–Crippen LogP) is 4.03. The minimum atomic E-state index is -0.440. The van der Waals surface area contributed by atoms with E-state index >= 15 is 0 Å². The smallest absolute Gasteiger partial charge is 0.227 e. The van der Waals surface area contributed by atoms with Crippen LogP contribution in [0.3, 0.4) is 0 Å². The summed E-state index contributed by atoms with van der Waals surface area (Å²) in [4.78, 5) is 16.8. The summed E-state index contributed by atoms with van der Waals surface area (Å²) in [6.07, 6.45) is 2.24. The van der Waals surface area contributed by atoms with E-state index in [0.29, 0.717) is 18.1 Å². The van der Waals surface area contributed by atoms with Crippen LogP contribution in [0.15, 0.2) is 59.1 Å². The maximum absolute atomic E-state index is 13.8.